The molecule has 216 valence electrons. The number of carbonyl (C=O) groups is 2. The molecule has 0 bridgehead atoms. The van der Waals surface area contributed by atoms with E-state index in [2.05, 4.69) is 28.7 Å². The molecule has 14 heteroatoms. The number of hydrogen-bond acceptors (Lipinski definition) is 10. The summed E-state index contributed by atoms with van der Waals surface area (Å²) in [6, 6.07) is 0. The van der Waals surface area contributed by atoms with E-state index in [0.717, 1.165) is 30.5 Å². The Balaban J connectivity index is -0.000000238. The van der Waals surface area contributed by atoms with Crippen LogP contribution in [0, 0.1) is 0 Å². The van der Waals surface area contributed by atoms with Gasteiger partial charge in [-0.05, 0) is 55.4 Å². The summed E-state index contributed by atoms with van der Waals surface area (Å²) in [5, 5.41) is 0. The second-order valence-electron chi connectivity index (χ2n) is 8.21. The Labute approximate surface area is 278 Å². The summed E-state index contributed by atoms with van der Waals surface area (Å²) >= 11 is 21.7. The third-order valence-corrected chi connectivity index (χ3v) is 6.96. The zero-order valence-electron chi connectivity index (χ0n) is 22.7. The van der Waals surface area contributed by atoms with Gasteiger partial charge in [0.2, 0.25) is 11.8 Å². The van der Waals surface area contributed by atoms with Crippen molar-refractivity contribution in [3.63, 3.8) is 0 Å². The zero-order chi connectivity index (χ0) is 27.4. The van der Waals surface area contributed by atoms with Crippen molar-refractivity contribution < 1.29 is 48.6 Å². The Morgan fingerprint density at radius 2 is 1.24 bits per heavy atom. The normalized spacial score (nSPS) is 15.6. The van der Waals surface area contributed by atoms with Crippen LogP contribution in [0.25, 0.3) is 0 Å². The summed E-state index contributed by atoms with van der Waals surface area (Å²) in [6.07, 6.45) is 0. The van der Waals surface area contributed by atoms with Crippen molar-refractivity contribution in [2.24, 2.45) is 9.98 Å². The van der Waals surface area contributed by atoms with Crippen LogP contribution in [0.4, 0.5) is 0 Å². The SMILES string of the molecule is C.C.CC1(C)N=C(CCl)OC1=O.CCN(CC)C(=S)SCC1=NC(C)(C)C(=O)O1.CCN(CC)C(=S)[S-].[Na+]. The molecule has 0 saturated carbocycles. The molecule has 0 N–H and O–H groups in total. The van der Waals surface area contributed by atoms with Crippen LogP contribution in [0.1, 0.15) is 70.2 Å². The predicted octanol–water partition coefficient (Wildman–Crippen LogP) is 2.48. The Bertz CT molecular complexity index is 834. The monoisotopic (exact) mass is 638 g/mol. The van der Waals surface area contributed by atoms with E-state index < -0.39 is 11.1 Å². The maximum Gasteiger partial charge on any atom is 1.00 e. The molecule has 0 fully saturated rings. The number of thioether (sulfide) groups is 1. The number of rotatable bonds is 7. The van der Waals surface area contributed by atoms with E-state index in [1.54, 1.807) is 27.7 Å². The minimum absolute atomic E-state index is 0. The number of carbonyl (C=O) groups excluding carboxylic acids is 2. The summed E-state index contributed by atoms with van der Waals surface area (Å²) in [5.41, 5.74) is -1.48. The van der Waals surface area contributed by atoms with Gasteiger partial charge >= 0.3 is 41.5 Å². The van der Waals surface area contributed by atoms with Gasteiger partial charge in [0.25, 0.3) is 0 Å². The van der Waals surface area contributed by atoms with E-state index in [1.807, 2.05) is 18.7 Å². The molecular formula is C24H44ClN4NaO4S4. The maximum atomic E-state index is 11.4. The third-order valence-electron chi connectivity index (χ3n) is 4.71. The largest absolute Gasteiger partial charge is 1.00 e. The molecular weight excluding hydrogens is 595 g/mol. The standard InChI is InChI=1S/C11H18N2O2S2.C6H8ClNO2.C5H11NS2.2CH4.Na/c1-5-13(6-2)10(16)17-7-8-12-11(3,4)9(14)15-8;1-6(2)5(9)10-4(3-7)8-6;1-3-6(4-2)5(7)8;;;/h5-7H2,1-4H3;3H2,1-2H3;3-4H2,1-2H3,(H,7,8);2*1H4;/q;;;;;+1/p-1. The van der Waals surface area contributed by atoms with Gasteiger partial charge in [-0.1, -0.05) is 43.2 Å². The van der Waals surface area contributed by atoms with E-state index in [9.17, 15) is 9.59 Å². The smallest absolute Gasteiger partial charge is 0.411 e. The van der Waals surface area contributed by atoms with Gasteiger partial charge in [0.1, 0.15) is 4.32 Å². The number of esters is 2. The van der Waals surface area contributed by atoms with Gasteiger partial charge in [0.15, 0.2) is 11.1 Å². The van der Waals surface area contributed by atoms with Gasteiger partial charge in [-0.3, -0.25) is 0 Å². The average molecular weight is 639 g/mol. The van der Waals surface area contributed by atoms with Gasteiger partial charge in [0, 0.05) is 26.2 Å². The van der Waals surface area contributed by atoms with E-state index in [0.29, 0.717) is 21.9 Å². The van der Waals surface area contributed by atoms with Crippen LogP contribution >= 0.6 is 47.8 Å². The number of cyclic esters (lactones) is 2. The van der Waals surface area contributed by atoms with E-state index in [-0.39, 0.29) is 62.2 Å². The Hall–Kier alpha value is -0.0800. The summed E-state index contributed by atoms with van der Waals surface area (Å²) < 4.78 is 11.2. The molecule has 38 heavy (non-hydrogen) atoms. The first-order chi connectivity index (χ1) is 16.2. The summed E-state index contributed by atoms with van der Waals surface area (Å²) in [4.78, 5) is 34.5. The number of halogens is 1. The van der Waals surface area contributed by atoms with Crippen molar-refractivity contribution in [3.8, 4) is 0 Å². The van der Waals surface area contributed by atoms with Crippen molar-refractivity contribution in [1.82, 2.24) is 9.80 Å². The van der Waals surface area contributed by atoms with Crippen molar-refractivity contribution in [3.05, 3.63) is 0 Å². The quantitative estimate of drug-likeness (QED) is 0.136. The topological polar surface area (TPSA) is 83.8 Å². The number of hydrogen-bond donors (Lipinski definition) is 0. The molecule has 2 aliphatic rings. The first kappa shape index (κ1) is 44.9. The first-order valence-corrected chi connectivity index (χ1v) is 14.0. The number of thiocarbonyl (C=S) groups is 2. The molecule has 0 aromatic heterocycles. The second kappa shape index (κ2) is 21.6. The molecule has 2 heterocycles. The molecule has 0 spiro atoms. The van der Waals surface area contributed by atoms with Gasteiger partial charge in [0.05, 0.1) is 11.6 Å². The summed E-state index contributed by atoms with van der Waals surface area (Å²) in [6.45, 7) is 18.7. The zero-order valence-corrected chi connectivity index (χ0v) is 28.7. The van der Waals surface area contributed by atoms with Gasteiger partial charge < -0.3 is 44.1 Å². The fraction of sp³-hybridized carbons (Fsp3) is 0.750. The van der Waals surface area contributed by atoms with Crippen LogP contribution in [0.2, 0.25) is 0 Å². The minimum Gasteiger partial charge on any atom is -0.411 e. The van der Waals surface area contributed by atoms with E-state index in [4.69, 9.17) is 58.1 Å². The molecule has 0 saturated heterocycles. The first-order valence-electron chi connectivity index (χ1n) is 11.2. The molecule has 0 aromatic carbocycles. The van der Waals surface area contributed by atoms with Crippen molar-refractivity contribution in [1.29, 1.82) is 0 Å². The Morgan fingerprint density at radius 1 is 0.868 bits per heavy atom. The van der Waals surface area contributed by atoms with Crippen molar-refractivity contribution >= 4 is 92.8 Å². The van der Waals surface area contributed by atoms with Crippen LogP contribution < -0.4 is 29.6 Å². The summed E-state index contributed by atoms with van der Waals surface area (Å²) in [5.74, 6) is 0.848. The second-order valence-corrected chi connectivity index (χ2v) is 11.1. The van der Waals surface area contributed by atoms with Crippen LogP contribution in [0.3, 0.4) is 0 Å². The Morgan fingerprint density at radius 3 is 1.45 bits per heavy atom. The van der Waals surface area contributed by atoms with Crippen LogP contribution in [0.15, 0.2) is 9.98 Å². The Kier molecular flexibility index (Phi) is 25.6. The maximum absolute atomic E-state index is 11.4. The molecule has 0 aliphatic carbocycles. The number of aliphatic imine (C=N–C) groups is 2. The third kappa shape index (κ3) is 15.6. The van der Waals surface area contributed by atoms with Crippen LogP contribution in [-0.2, 0) is 31.7 Å². The van der Waals surface area contributed by atoms with Crippen molar-refractivity contribution in [2.75, 3.05) is 37.8 Å². The fourth-order valence-electron chi connectivity index (χ4n) is 2.52. The number of alkyl halides is 1. The average Bonchev–Trinajstić information content (AvgIpc) is 3.21. The molecule has 0 unspecified atom stereocenters. The fourth-order valence-corrected chi connectivity index (χ4v) is 4.40. The minimum atomic E-state index is -0.743. The molecule has 2 aliphatic heterocycles. The molecule has 0 atom stereocenters. The molecule has 0 amide bonds. The van der Waals surface area contributed by atoms with Gasteiger partial charge in [-0.2, -0.15) is 0 Å². The molecule has 8 nitrogen and oxygen atoms in total. The number of ether oxygens (including phenoxy) is 2. The van der Waals surface area contributed by atoms with Gasteiger partial charge in [-0.15, -0.1) is 11.6 Å². The summed E-state index contributed by atoms with van der Waals surface area (Å²) in [7, 11) is 0. The molecule has 2 rings (SSSR count). The van der Waals surface area contributed by atoms with E-state index >= 15 is 0 Å². The molecule has 0 aromatic rings. The van der Waals surface area contributed by atoms with Crippen LogP contribution in [-0.4, -0.2) is 91.1 Å². The van der Waals surface area contributed by atoms with Gasteiger partial charge in [-0.25, -0.2) is 19.6 Å². The predicted molar refractivity (Wildman–Crippen MR) is 170 cm³/mol. The number of nitrogens with zero attached hydrogens (tertiary/aromatic N) is 4. The molecule has 0 radical (unpaired) electrons. The van der Waals surface area contributed by atoms with Crippen LogP contribution in [0.5, 0.6) is 0 Å². The van der Waals surface area contributed by atoms with Crippen molar-refractivity contribution in [2.45, 2.75) is 81.3 Å². The van der Waals surface area contributed by atoms with E-state index in [1.165, 1.54) is 11.8 Å².